The maximum atomic E-state index is 13.5. The summed E-state index contributed by atoms with van der Waals surface area (Å²) in [4.78, 5) is 88.7. The van der Waals surface area contributed by atoms with Crippen LogP contribution in [0.2, 0.25) is 0 Å². The van der Waals surface area contributed by atoms with Crippen LogP contribution in [0.25, 0.3) is 6.08 Å². The molecule has 0 saturated carbocycles. The zero-order valence-corrected chi connectivity index (χ0v) is 72.1. The van der Waals surface area contributed by atoms with Crippen molar-refractivity contribution in [1.82, 2.24) is 25.0 Å². The van der Waals surface area contributed by atoms with Gasteiger partial charge in [0.2, 0.25) is 17.7 Å². The summed E-state index contributed by atoms with van der Waals surface area (Å²) in [6.45, 7) is 27.9. The molecule has 2 aromatic rings. The summed E-state index contributed by atoms with van der Waals surface area (Å²) in [5.74, 6) is -1.20. The molecule has 694 valence electrons. The van der Waals surface area contributed by atoms with Crippen LogP contribution in [-0.2, 0) is 151 Å². The number of imide groups is 1. The lowest BCUT2D eigenvalue weighted by Gasteiger charge is -2.28. The first-order chi connectivity index (χ1) is 60.1. The summed E-state index contributed by atoms with van der Waals surface area (Å²) < 4.78 is 133. The van der Waals surface area contributed by atoms with E-state index in [2.05, 4.69) is 20.6 Å². The van der Waals surface area contributed by atoms with Crippen molar-refractivity contribution < 1.29 is 142 Å². The molecule has 1 aromatic heterocycles. The van der Waals surface area contributed by atoms with E-state index in [1.165, 1.54) is 12.2 Å². The molecular formula is C84H138N8O30. The fourth-order valence-electron chi connectivity index (χ4n) is 11.3. The van der Waals surface area contributed by atoms with Crippen molar-refractivity contribution in [3.8, 4) is 0 Å². The third kappa shape index (κ3) is 54.3. The highest BCUT2D eigenvalue weighted by molar-refractivity contribution is 6.13. The summed E-state index contributed by atoms with van der Waals surface area (Å²) in [5, 5.41) is 5.62. The Hall–Kier alpha value is -6.62. The SMILES string of the molecule is CCCN(CCC)C(=O)C1=Cc2ccc(C(=O)Nc3cnc4c(c3)CN(C(=O)CCOCCOCCOCCOCCOCCOCCOCCOCCOCCOCCOCCOCCOCCOCCOCCOCCOCCOCCOCCOCCOCCOCCOCCOCCNC(=O)CCN3C(=O)C=CC3=O)CC4)cc2N=C(N)C1. The molecule has 0 unspecified atom stereocenters. The molecule has 38 heteroatoms. The number of aliphatic imine (C=N–C) groups is 1. The molecule has 0 saturated heterocycles. The van der Waals surface area contributed by atoms with Gasteiger partial charge in [-0.1, -0.05) is 19.9 Å². The number of aromatic nitrogens is 1. The molecule has 1 aromatic carbocycles. The highest BCUT2D eigenvalue weighted by Crippen LogP contribution is 2.30. The number of rotatable bonds is 85. The van der Waals surface area contributed by atoms with E-state index in [0.717, 1.165) is 29.0 Å². The second-order valence-electron chi connectivity index (χ2n) is 27.1. The van der Waals surface area contributed by atoms with Crippen molar-refractivity contribution in [3.05, 3.63) is 70.6 Å². The molecule has 3 aliphatic heterocycles. The smallest absolute Gasteiger partial charge is 0.255 e. The predicted octanol–water partition coefficient (Wildman–Crippen LogP) is 2.86. The van der Waals surface area contributed by atoms with Crippen LogP contribution in [0.4, 0.5) is 11.4 Å². The molecule has 0 bridgehead atoms. The topological polar surface area (TPSA) is 409 Å². The zero-order valence-electron chi connectivity index (χ0n) is 72.1. The quantitative estimate of drug-likeness (QED) is 0.0633. The van der Waals surface area contributed by atoms with Gasteiger partial charge in [0.25, 0.3) is 17.7 Å². The van der Waals surface area contributed by atoms with Gasteiger partial charge in [0.15, 0.2) is 0 Å². The highest BCUT2D eigenvalue weighted by Gasteiger charge is 2.26. The number of hydrogen-bond donors (Lipinski definition) is 3. The van der Waals surface area contributed by atoms with E-state index in [9.17, 15) is 28.8 Å². The highest BCUT2D eigenvalue weighted by atomic mass is 16.6. The van der Waals surface area contributed by atoms with Crippen LogP contribution in [0.5, 0.6) is 0 Å². The lowest BCUT2D eigenvalue weighted by Crippen LogP contribution is -2.36. The molecule has 4 N–H and O–H groups in total. The number of pyridine rings is 1. The standard InChI is InChI=1S/C84H138N8O30/c1-3-13-90(14-4-2)84(98)73-65-71-5-6-72(67-77(71)89-78(85)68-73)83(97)88-75-66-74-70-91(15-9-76(74)87-69-75)80(94)11-17-99-19-21-101-23-25-103-27-29-105-31-33-107-35-37-109-39-41-111-43-45-113-47-49-115-51-53-117-55-57-119-59-61-121-63-64-122-62-60-120-58-56-118-54-52-116-50-48-114-46-44-112-42-40-110-38-36-108-34-32-106-30-28-104-26-24-102-22-20-100-18-12-86-79(93)10-16-92-81(95)7-8-82(92)96/h5-8,65-67,69H,3-4,9-64,68,70H2,1-2H3,(H2,85,89)(H,86,93)(H,88,97). The average molecular weight is 1740 g/mol. The lowest BCUT2D eigenvalue weighted by molar-refractivity contribution is -0.137. The Morgan fingerprint density at radius 3 is 1.11 bits per heavy atom. The van der Waals surface area contributed by atoms with Crippen molar-refractivity contribution >= 4 is 58.7 Å². The number of anilines is 1. The Labute approximate surface area is 718 Å². The Morgan fingerprint density at radius 2 is 0.770 bits per heavy atom. The lowest BCUT2D eigenvalue weighted by atomic mass is 10.0. The average Bonchev–Trinajstić information content (AvgIpc) is 1.30. The molecule has 6 amide bonds. The number of carbonyl (C=O) groups is 6. The van der Waals surface area contributed by atoms with Crippen LogP contribution in [-0.4, -0.2) is 411 Å². The number of amides is 6. The molecule has 0 fully saturated rings. The van der Waals surface area contributed by atoms with Crippen LogP contribution in [0, 0.1) is 0 Å². The summed E-state index contributed by atoms with van der Waals surface area (Å²) in [7, 11) is 0. The maximum Gasteiger partial charge on any atom is 0.255 e. The van der Waals surface area contributed by atoms with E-state index in [4.69, 9.17) is 119 Å². The minimum Gasteiger partial charge on any atom is -0.387 e. The molecule has 0 radical (unpaired) electrons. The zero-order chi connectivity index (χ0) is 86.7. The number of amidine groups is 1. The van der Waals surface area contributed by atoms with Crippen molar-refractivity contribution in [2.45, 2.75) is 58.9 Å². The van der Waals surface area contributed by atoms with E-state index in [1.54, 1.807) is 29.3 Å². The molecule has 122 heavy (non-hydrogen) atoms. The molecule has 3 aliphatic rings. The molecule has 0 aliphatic carbocycles. The first-order valence-corrected chi connectivity index (χ1v) is 42.8. The number of nitrogens with one attached hydrogen (secondary N) is 2. The minimum atomic E-state index is -0.405. The van der Waals surface area contributed by atoms with E-state index < -0.39 is 11.8 Å². The fraction of sp³-hybridized carbons (Fsp3) is 0.738. The molecule has 0 atom stereocenters. The van der Waals surface area contributed by atoms with Gasteiger partial charge in [0.1, 0.15) is 5.84 Å². The first-order valence-electron chi connectivity index (χ1n) is 42.8. The van der Waals surface area contributed by atoms with Crippen LogP contribution in [0.1, 0.15) is 73.1 Å². The number of benzene rings is 1. The molecule has 38 nitrogen and oxygen atoms in total. The molecule has 4 heterocycles. The van der Waals surface area contributed by atoms with Gasteiger partial charge < -0.3 is 140 Å². The van der Waals surface area contributed by atoms with Gasteiger partial charge in [-0.25, -0.2) is 4.99 Å². The third-order valence-corrected chi connectivity index (χ3v) is 17.5. The first kappa shape index (κ1) is 106. The van der Waals surface area contributed by atoms with E-state index in [1.807, 2.05) is 30.9 Å². The summed E-state index contributed by atoms with van der Waals surface area (Å²) >= 11 is 0. The van der Waals surface area contributed by atoms with Crippen LogP contribution < -0.4 is 16.4 Å². The van der Waals surface area contributed by atoms with Gasteiger partial charge >= 0.3 is 0 Å². The minimum absolute atomic E-state index is 0.0280. The van der Waals surface area contributed by atoms with Gasteiger partial charge in [-0.05, 0) is 42.7 Å². The maximum absolute atomic E-state index is 13.5. The Balaban J connectivity index is 0.626. The Morgan fingerprint density at radius 1 is 0.434 bits per heavy atom. The van der Waals surface area contributed by atoms with Crippen LogP contribution in [0.3, 0.4) is 0 Å². The summed E-state index contributed by atoms with van der Waals surface area (Å²) in [6.07, 6.45) is 8.63. The van der Waals surface area contributed by atoms with Crippen LogP contribution >= 0.6 is 0 Å². The number of carbonyl (C=O) groups excluding carboxylic acids is 6. The van der Waals surface area contributed by atoms with E-state index in [-0.39, 0.29) is 56.0 Å². The fourth-order valence-corrected chi connectivity index (χ4v) is 11.3. The number of nitrogens with zero attached hydrogens (tertiary/aromatic N) is 5. The van der Waals surface area contributed by atoms with E-state index in [0.29, 0.717) is 384 Å². The van der Waals surface area contributed by atoms with Gasteiger partial charge in [-0.3, -0.25) is 38.7 Å². The number of nitrogens with two attached hydrogens (primary N) is 1. The van der Waals surface area contributed by atoms with Crippen molar-refractivity contribution in [2.75, 3.05) is 355 Å². The van der Waals surface area contributed by atoms with Gasteiger partial charge in [0.05, 0.1) is 341 Å². The second-order valence-corrected chi connectivity index (χ2v) is 27.1. The third-order valence-electron chi connectivity index (χ3n) is 17.5. The van der Waals surface area contributed by atoms with Crippen LogP contribution in [0.15, 0.2) is 53.2 Å². The van der Waals surface area contributed by atoms with Gasteiger partial charge in [0, 0.05) is 93.1 Å². The summed E-state index contributed by atoms with van der Waals surface area (Å²) in [6, 6.07) is 7.01. The number of fused-ring (bicyclic) bond motifs is 2. The summed E-state index contributed by atoms with van der Waals surface area (Å²) in [5.41, 5.74) is 10.7. The van der Waals surface area contributed by atoms with Crippen molar-refractivity contribution in [1.29, 1.82) is 0 Å². The largest absolute Gasteiger partial charge is 0.387 e. The van der Waals surface area contributed by atoms with Crippen molar-refractivity contribution in [3.63, 3.8) is 0 Å². The predicted molar refractivity (Wildman–Crippen MR) is 447 cm³/mol. The molecular weight excluding hydrogens is 1600 g/mol. The molecule has 5 rings (SSSR count). The second kappa shape index (κ2) is 74.6. The van der Waals surface area contributed by atoms with Crippen molar-refractivity contribution in [2.24, 2.45) is 10.7 Å². The monoisotopic (exact) mass is 1740 g/mol. The number of hydrogen-bond acceptors (Lipinski definition) is 33. The molecule has 0 spiro atoms. The Bertz CT molecular complexity index is 3120. The van der Waals surface area contributed by atoms with E-state index >= 15 is 0 Å². The number of ether oxygens (including phenoxy) is 24. The Kier molecular flexibility index (Phi) is 64.8. The normalized spacial score (nSPS) is 13.3. The van der Waals surface area contributed by atoms with Gasteiger partial charge in [-0.15, -0.1) is 0 Å². The van der Waals surface area contributed by atoms with Gasteiger partial charge in [-0.2, -0.15) is 0 Å².